The number of nitrogens with zero attached hydrogens (tertiary/aromatic N) is 4. The predicted molar refractivity (Wildman–Crippen MR) is 128 cm³/mol. The Morgan fingerprint density at radius 1 is 1.18 bits per heavy atom. The Bertz CT molecular complexity index is 1090. The molecule has 174 valence electrons. The summed E-state index contributed by atoms with van der Waals surface area (Å²) >= 11 is 6.21. The van der Waals surface area contributed by atoms with Crippen molar-refractivity contribution < 1.29 is 9.53 Å². The first-order chi connectivity index (χ1) is 15.6. The van der Waals surface area contributed by atoms with Crippen LogP contribution in [0.3, 0.4) is 0 Å². The third-order valence-corrected chi connectivity index (χ3v) is 7.42. The first kappa shape index (κ1) is 23.3. The average Bonchev–Trinajstić information content (AvgIpc) is 2.77. The quantitative estimate of drug-likeness (QED) is 0.720. The number of piperazine rings is 1. The van der Waals surface area contributed by atoms with Crippen LogP contribution in [0, 0.1) is 22.2 Å². The van der Waals surface area contributed by atoms with E-state index in [1.54, 1.807) is 30.5 Å². The molecule has 33 heavy (non-hydrogen) atoms. The van der Waals surface area contributed by atoms with E-state index in [0.717, 1.165) is 26.2 Å². The Balaban J connectivity index is 1.46. The van der Waals surface area contributed by atoms with Crippen molar-refractivity contribution in [1.29, 1.82) is 5.26 Å². The number of rotatable bonds is 5. The maximum absolute atomic E-state index is 11.8. The molecule has 1 saturated carbocycles. The van der Waals surface area contributed by atoms with Crippen LogP contribution >= 0.6 is 11.6 Å². The van der Waals surface area contributed by atoms with E-state index in [1.807, 2.05) is 6.07 Å². The lowest BCUT2D eigenvalue weighted by molar-refractivity contribution is -0.210. The molecule has 2 heterocycles. The number of nitrogens with two attached hydrogens (primary N) is 1. The largest absolute Gasteiger partial charge is 0.489 e. The molecule has 1 aliphatic heterocycles. The minimum Gasteiger partial charge on any atom is -0.489 e. The molecule has 2 fully saturated rings. The van der Waals surface area contributed by atoms with Crippen molar-refractivity contribution in [3.05, 3.63) is 52.7 Å². The van der Waals surface area contributed by atoms with Gasteiger partial charge in [-0.3, -0.25) is 9.69 Å². The van der Waals surface area contributed by atoms with Crippen LogP contribution < -0.4 is 15.4 Å². The van der Waals surface area contributed by atoms with Gasteiger partial charge in [0.05, 0.1) is 16.1 Å². The summed E-state index contributed by atoms with van der Waals surface area (Å²) in [7, 11) is 0. The van der Waals surface area contributed by atoms with Gasteiger partial charge in [-0.2, -0.15) is 5.26 Å². The molecule has 0 atom stereocenters. The number of carbonyl (C=O) groups is 1. The summed E-state index contributed by atoms with van der Waals surface area (Å²) in [5, 5.41) is 9.52. The molecule has 2 aliphatic rings. The molecular formula is C25H30ClN5O2. The molecule has 1 amide bonds. The molecule has 0 spiro atoms. The maximum atomic E-state index is 11.8. The number of amides is 1. The van der Waals surface area contributed by atoms with E-state index in [-0.39, 0.29) is 16.9 Å². The number of halogens is 1. The van der Waals surface area contributed by atoms with Gasteiger partial charge in [0.1, 0.15) is 23.7 Å². The van der Waals surface area contributed by atoms with Gasteiger partial charge in [-0.05, 0) is 24.3 Å². The summed E-state index contributed by atoms with van der Waals surface area (Å²) < 4.78 is 6.42. The van der Waals surface area contributed by atoms with Gasteiger partial charge in [0.25, 0.3) is 5.91 Å². The molecule has 0 bridgehead atoms. The average molecular weight is 468 g/mol. The lowest BCUT2D eigenvalue weighted by Gasteiger charge is -2.66. The summed E-state index contributed by atoms with van der Waals surface area (Å²) in [6.07, 6.45) is 1.69. The molecular weight excluding hydrogens is 438 g/mol. The fraction of sp³-hybridized carbons (Fsp3) is 0.480. The molecule has 0 radical (unpaired) electrons. The molecule has 1 aliphatic carbocycles. The zero-order chi connectivity index (χ0) is 24.0. The molecule has 2 N–H and O–H groups in total. The second-order valence-electron chi connectivity index (χ2n) is 10.1. The number of aromatic nitrogens is 1. The Kier molecular flexibility index (Phi) is 6.02. The molecule has 1 aromatic heterocycles. The van der Waals surface area contributed by atoms with Crippen LogP contribution in [-0.2, 0) is 0 Å². The fourth-order valence-corrected chi connectivity index (χ4v) is 6.39. The van der Waals surface area contributed by atoms with Crippen LogP contribution in [0.4, 0.5) is 5.82 Å². The van der Waals surface area contributed by atoms with Gasteiger partial charge in [-0.15, -0.1) is 0 Å². The van der Waals surface area contributed by atoms with Gasteiger partial charge < -0.3 is 15.4 Å². The minimum absolute atomic E-state index is 0.00529. The number of primary amides is 1. The molecule has 7 nitrogen and oxygen atoms in total. The summed E-state index contributed by atoms with van der Waals surface area (Å²) in [4.78, 5) is 20.9. The minimum atomic E-state index is -0.454. The van der Waals surface area contributed by atoms with Crippen molar-refractivity contribution >= 4 is 23.3 Å². The number of ether oxygens (including phenoxy) is 1. The van der Waals surface area contributed by atoms with Crippen molar-refractivity contribution in [1.82, 2.24) is 9.88 Å². The third kappa shape index (κ3) is 4.03. The molecule has 4 rings (SSSR count). The van der Waals surface area contributed by atoms with E-state index in [4.69, 9.17) is 27.3 Å². The Hall–Kier alpha value is -2.82. The number of hydrogen-bond acceptors (Lipinski definition) is 6. The van der Waals surface area contributed by atoms with Crippen LogP contribution in [-0.4, -0.2) is 54.1 Å². The standard InChI is InChI=1S/C25H30ClN5O2/c1-24(2)22(25(3,4)23(24)33-17-8-7-16(15-27)19(26)14-17)31-12-10-30(11-13-31)21-18(20(28)32)6-5-9-29-21/h5-9,14,22-23H,10-13H2,1-4H3,(H2,28,32). The normalized spacial score (nSPS) is 23.9. The van der Waals surface area contributed by atoms with E-state index < -0.39 is 5.91 Å². The van der Waals surface area contributed by atoms with Gasteiger partial charge in [-0.1, -0.05) is 39.3 Å². The fourth-order valence-electron chi connectivity index (χ4n) is 6.18. The number of carbonyl (C=O) groups excluding carboxylic acids is 1. The predicted octanol–water partition coefficient (Wildman–Crippen LogP) is 3.71. The molecule has 0 unspecified atom stereocenters. The van der Waals surface area contributed by atoms with E-state index in [2.05, 4.69) is 48.5 Å². The highest BCUT2D eigenvalue weighted by Crippen LogP contribution is 2.58. The third-order valence-electron chi connectivity index (χ3n) is 7.11. The highest BCUT2D eigenvalue weighted by Gasteiger charge is 2.65. The Labute approximate surface area is 200 Å². The topological polar surface area (TPSA) is 95.5 Å². The maximum Gasteiger partial charge on any atom is 0.252 e. The van der Waals surface area contributed by atoms with Gasteiger partial charge in [0.15, 0.2) is 0 Å². The van der Waals surface area contributed by atoms with Crippen LogP contribution in [0.1, 0.15) is 43.6 Å². The highest BCUT2D eigenvalue weighted by molar-refractivity contribution is 6.31. The van der Waals surface area contributed by atoms with Crippen molar-refractivity contribution in [3.8, 4) is 11.8 Å². The van der Waals surface area contributed by atoms with Crippen LogP contribution in [0.2, 0.25) is 5.02 Å². The smallest absolute Gasteiger partial charge is 0.252 e. The monoisotopic (exact) mass is 467 g/mol. The van der Waals surface area contributed by atoms with Crippen molar-refractivity contribution in [2.24, 2.45) is 16.6 Å². The second-order valence-corrected chi connectivity index (χ2v) is 10.5. The van der Waals surface area contributed by atoms with Gasteiger partial charge in [0.2, 0.25) is 0 Å². The van der Waals surface area contributed by atoms with E-state index in [1.165, 1.54) is 0 Å². The van der Waals surface area contributed by atoms with Crippen molar-refractivity contribution in [2.75, 3.05) is 31.1 Å². The first-order valence-electron chi connectivity index (χ1n) is 11.2. The number of hydrogen-bond donors (Lipinski definition) is 1. The lowest BCUT2D eigenvalue weighted by atomic mass is 9.48. The first-order valence-corrected chi connectivity index (χ1v) is 11.5. The Morgan fingerprint density at radius 2 is 1.85 bits per heavy atom. The van der Waals surface area contributed by atoms with Gasteiger partial charge in [-0.25, -0.2) is 4.98 Å². The van der Waals surface area contributed by atoms with Crippen molar-refractivity contribution in [2.45, 2.75) is 39.8 Å². The lowest BCUT2D eigenvalue weighted by Crippen LogP contribution is -2.76. The summed E-state index contributed by atoms with van der Waals surface area (Å²) in [5.41, 5.74) is 6.28. The van der Waals surface area contributed by atoms with Gasteiger partial charge >= 0.3 is 0 Å². The van der Waals surface area contributed by atoms with E-state index in [9.17, 15) is 4.79 Å². The van der Waals surface area contributed by atoms with Crippen LogP contribution in [0.15, 0.2) is 36.5 Å². The number of anilines is 1. The molecule has 2 aromatic rings. The van der Waals surface area contributed by atoms with Crippen molar-refractivity contribution in [3.63, 3.8) is 0 Å². The zero-order valence-electron chi connectivity index (χ0n) is 19.5. The van der Waals surface area contributed by atoms with Gasteiger partial charge in [0, 0.05) is 55.3 Å². The second kappa shape index (κ2) is 8.51. The highest BCUT2D eigenvalue weighted by atomic mass is 35.5. The summed E-state index contributed by atoms with van der Waals surface area (Å²) in [5.74, 6) is 0.892. The molecule has 8 heteroatoms. The zero-order valence-corrected chi connectivity index (χ0v) is 20.3. The number of pyridine rings is 1. The van der Waals surface area contributed by atoms with Crippen LogP contribution in [0.5, 0.6) is 5.75 Å². The van der Waals surface area contributed by atoms with E-state index in [0.29, 0.717) is 33.8 Å². The Morgan fingerprint density at radius 3 is 2.42 bits per heavy atom. The van der Waals surface area contributed by atoms with Crippen LogP contribution in [0.25, 0.3) is 0 Å². The summed E-state index contributed by atoms with van der Waals surface area (Å²) in [6, 6.07) is 11.1. The number of nitriles is 1. The number of benzene rings is 1. The summed E-state index contributed by atoms with van der Waals surface area (Å²) in [6.45, 7) is 12.3. The van der Waals surface area contributed by atoms with E-state index >= 15 is 0 Å². The molecule has 1 saturated heterocycles. The SMILES string of the molecule is CC1(C)C(Oc2ccc(C#N)c(Cl)c2)C(C)(C)C1N1CCN(c2ncccc2C(N)=O)CC1. The molecule has 1 aromatic carbocycles.